The van der Waals surface area contributed by atoms with E-state index in [-0.39, 0.29) is 6.42 Å². The minimum absolute atomic E-state index is 0.118. The summed E-state index contributed by atoms with van der Waals surface area (Å²) in [6.45, 7) is 0. The summed E-state index contributed by atoms with van der Waals surface area (Å²) >= 11 is 0. The van der Waals surface area contributed by atoms with Gasteiger partial charge in [-0.1, -0.05) is 12.8 Å². The van der Waals surface area contributed by atoms with Gasteiger partial charge in [-0.15, -0.1) is 0 Å². The number of aryl methyl sites for hydroxylation is 1. The van der Waals surface area contributed by atoms with Crippen molar-refractivity contribution in [1.82, 2.24) is 9.78 Å². The van der Waals surface area contributed by atoms with Crippen LogP contribution in [0.4, 0.5) is 0 Å². The molecule has 0 saturated heterocycles. The third-order valence-electron chi connectivity index (χ3n) is 3.29. The van der Waals surface area contributed by atoms with Crippen molar-refractivity contribution in [2.75, 3.05) is 7.11 Å². The van der Waals surface area contributed by atoms with Crippen molar-refractivity contribution in [3.8, 4) is 5.88 Å². The number of rotatable bonds is 5. The molecule has 1 aromatic heterocycles. The number of nitrogens with zero attached hydrogens (tertiary/aromatic N) is 2. The van der Waals surface area contributed by atoms with E-state index in [4.69, 9.17) is 9.84 Å². The number of ether oxygens (including phenoxy) is 1. The van der Waals surface area contributed by atoms with Gasteiger partial charge in [0.05, 0.1) is 19.3 Å². The Morgan fingerprint density at radius 3 is 2.88 bits per heavy atom. The van der Waals surface area contributed by atoms with Crippen molar-refractivity contribution in [2.45, 2.75) is 44.6 Å². The van der Waals surface area contributed by atoms with Crippen molar-refractivity contribution in [1.29, 1.82) is 0 Å². The topological polar surface area (TPSA) is 64.3 Å². The van der Waals surface area contributed by atoms with E-state index in [1.807, 2.05) is 4.68 Å². The molecule has 0 spiro atoms. The Hall–Kier alpha value is -1.52. The fourth-order valence-electron chi connectivity index (χ4n) is 2.43. The lowest BCUT2D eigenvalue weighted by Gasteiger charge is -2.13. The molecule has 0 radical (unpaired) electrons. The molecule has 94 valence electrons. The first-order valence-corrected chi connectivity index (χ1v) is 6.04. The van der Waals surface area contributed by atoms with Crippen LogP contribution in [0.25, 0.3) is 0 Å². The van der Waals surface area contributed by atoms with Gasteiger partial charge in [-0.25, -0.2) is 4.68 Å². The molecule has 0 bridgehead atoms. The highest BCUT2D eigenvalue weighted by Crippen LogP contribution is 2.33. The number of hydrogen-bond acceptors (Lipinski definition) is 3. The summed E-state index contributed by atoms with van der Waals surface area (Å²) in [6, 6.07) is 0.420. The summed E-state index contributed by atoms with van der Waals surface area (Å²) in [5.74, 6) is -0.0566. The predicted molar refractivity (Wildman–Crippen MR) is 62.2 cm³/mol. The minimum atomic E-state index is -0.791. The number of hydrogen-bond donors (Lipinski definition) is 1. The van der Waals surface area contributed by atoms with E-state index < -0.39 is 5.97 Å². The van der Waals surface area contributed by atoms with E-state index in [0.717, 1.165) is 24.3 Å². The van der Waals surface area contributed by atoms with Crippen molar-refractivity contribution in [2.24, 2.45) is 0 Å². The van der Waals surface area contributed by atoms with Crippen LogP contribution in [0.5, 0.6) is 5.88 Å². The standard InChI is InChI=1S/C12H18N2O3/c1-17-12-9(6-7-11(15)16)8-13-14(12)10-4-2-3-5-10/h8,10H,2-7H2,1H3,(H,15,16). The van der Waals surface area contributed by atoms with E-state index in [0.29, 0.717) is 12.5 Å². The second kappa shape index (κ2) is 5.21. The normalized spacial score (nSPS) is 16.3. The summed E-state index contributed by atoms with van der Waals surface area (Å²) in [5.41, 5.74) is 0.891. The van der Waals surface area contributed by atoms with Crippen LogP contribution >= 0.6 is 0 Å². The van der Waals surface area contributed by atoms with Gasteiger partial charge in [-0.3, -0.25) is 4.79 Å². The van der Waals surface area contributed by atoms with Gasteiger partial charge in [-0.2, -0.15) is 5.10 Å². The van der Waals surface area contributed by atoms with E-state index in [1.54, 1.807) is 13.3 Å². The van der Waals surface area contributed by atoms with Crippen LogP contribution < -0.4 is 4.74 Å². The first kappa shape index (κ1) is 12.0. The second-order valence-electron chi connectivity index (χ2n) is 4.46. The second-order valence-corrected chi connectivity index (χ2v) is 4.46. The summed E-state index contributed by atoms with van der Waals surface area (Å²) in [5, 5.41) is 13.0. The Kier molecular flexibility index (Phi) is 3.66. The Labute approximate surface area is 100 Å². The number of carboxylic acids is 1. The van der Waals surface area contributed by atoms with Crippen LogP contribution in [0.3, 0.4) is 0 Å². The van der Waals surface area contributed by atoms with E-state index in [9.17, 15) is 4.79 Å². The quantitative estimate of drug-likeness (QED) is 0.852. The summed E-state index contributed by atoms with van der Waals surface area (Å²) < 4.78 is 7.29. The maximum absolute atomic E-state index is 10.6. The molecule has 1 heterocycles. The monoisotopic (exact) mass is 238 g/mol. The molecule has 1 aliphatic carbocycles. The van der Waals surface area contributed by atoms with Gasteiger partial charge < -0.3 is 9.84 Å². The average molecular weight is 238 g/mol. The lowest BCUT2D eigenvalue weighted by molar-refractivity contribution is -0.136. The Morgan fingerprint density at radius 2 is 2.29 bits per heavy atom. The molecule has 5 nitrogen and oxygen atoms in total. The van der Waals surface area contributed by atoms with Crippen LogP contribution in [-0.4, -0.2) is 28.0 Å². The zero-order chi connectivity index (χ0) is 12.3. The molecule has 1 fully saturated rings. The van der Waals surface area contributed by atoms with Gasteiger partial charge in [0.25, 0.3) is 0 Å². The maximum Gasteiger partial charge on any atom is 0.303 e. The fourth-order valence-corrected chi connectivity index (χ4v) is 2.43. The van der Waals surface area contributed by atoms with Crippen LogP contribution in [0.2, 0.25) is 0 Å². The SMILES string of the molecule is COc1c(CCC(=O)O)cnn1C1CCCC1. The molecule has 1 N–H and O–H groups in total. The molecule has 0 aliphatic heterocycles. The molecule has 1 saturated carbocycles. The zero-order valence-corrected chi connectivity index (χ0v) is 10.1. The Bertz CT molecular complexity index is 394. The molecule has 5 heteroatoms. The first-order chi connectivity index (χ1) is 8.22. The van der Waals surface area contributed by atoms with Gasteiger partial charge >= 0.3 is 5.97 Å². The molecular weight excluding hydrogens is 220 g/mol. The number of aromatic nitrogens is 2. The fraction of sp³-hybridized carbons (Fsp3) is 0.667. The molecule has 0 unspecified atom stereocenters. The van der Waals surface area contributed by atoms with Crippen molar-refractivity contribution in [3.63, 3.8) is 0 Å². The number of aliphatic carboxylic acids is 1. The van der Waals surface area contributed by atoms with E-state index in [2.05, 4.69) is 5.10 Å². The van der Waals surface area contributed by atoms with Gasteiger partial charge in [0.2, 0.25) is 5.88 Å². The van der Waals surface area contributed by atoms with Crippen LogP contribution in [0, 0.1) is 0 Å². The van der Waals surface area contributed by atoms with Crippen LogP contribution in [0.15, 0.2) is 6.20 Å². The molecule has 1 aromatic rings. The largest absolute Gasteiger partial charge is 0.481 e. The predicted octanol–water partition coefficient (Wildman–Crippen LogP) is 2.02. The molecule has 2 rings (SSSR count). The number of carboxylic acid groups (broad SMARTS) is 1. The van der Waals surface area contributed by atoms with E-state index in [1.165, 1.54) is 12.8 Å². The third kappa shape index (κ3) is 2.60. The van der Waals surface area contributed by atoms with Gasteiger partial charge in [-0.05, 0) is 19.3 Å². The molecular formula is C12H18N2O3. The average Bonchev–Trinajstić information content (AvgIpc) is 2.94. The lowest BCUT2D eigenvalue weighted by Crippen LogP contribution is -2.09. The third-order valence-corrected chi connectivity index (χ3v) is 3.29. The molecule has 0 atom stereocenters. The minimum Gasteiger partial charge on any atom is -0.481 e. The molecule has 17 heavy (non-hydrogen) atoms. The highest BCUT2D eigenvalue weighted by molar-refractivity contribution is 5.67. The maximum atomic E-state index is 10.6. The number of methoxy groups -OCH3 is 1. The lowest BCUT2D eigenvalue weighted by atomic mass is 10.2. The highest BCUT2D eigenvalue weighted by Gasteiger charge is 2.22. The highest BCUT2D eigenvalue weighted by atomic mass is 16.5. The van der Waals surface area contributed by atoms with Crippen LogP contribution in [0.1, 0.15) is 43.7 Å². The van der Waals surface area contributed by atoms with Crippen molar-refractivity contribution in [3.05, 3.63) is 11.8 Å². The smallest absolute Gasteiger partial charge is 0.303 e. The van der Waals surface area contributed by atoms with Crippen LogP contribution in [-0.2, 0) is 11.2 Å². The van der Waals surface area contributed by atoms with Crippen molar-refractivity contribution < 1.29 is 14.6 Å². The Balaban J connectivity index is 2.14. The summed E-state index contributed by atoms with van der Waals surface area (Å²) in [7, 11) is 1.62. The molecule has 0 aromatic carbocycles. The summed E-state index contributed by atoms with van der Waals surface area (Å²) in [6.07, 6.45) is 7.07. The van der Waals surface area contributed by atoms with Gasteiger partial charge in [0.15, 0.2) is 0 Å². The van der Waals surface area contributed by atoms with Gasteiger partial charge in [0.1, 0.15) is 0 Å². The summed E-state index contributed by atoms with van der Waals surface area (Å²) in [4.78, 5) is 10.6. The molecule has 0 amide bonds. The number of carbonyl (C=O) groups is 1. The van der Waals surface area contributed by atoms with Crippen molar-refractivity contribution >= 4 is 5.97 Å². The van der Waals surface area contributed by atoms with E-state index >= 15 is 0 Å². The Morgan fingerprint density at radius 1 is 1.59 bits per heavy atom. The first-order valence-electron chi connectivity index (χ1n) is 6.04. The zero-order valence-electron chi connectivity index (χ0n) is 10.1. The molecule has 1 aliphatic rings. The van der Waals surface area contributed by atoms with Gasteiger partial charge in [0, 0.05) is 12.0 Å².